The first-order valence-corrected chi connectivity index (χ1v) is 7.61. The van der Waals surface area contributed by atoms with E-state index in [1.807, 2.05) is 38.1 Å². The van der Waals surface area contributed by atoms with Crippen molar-refractivity contribution in [2.75, 3.05) is 13.2 Å². The number of carbonyl (C=O) groups excluding carboxylic acids is 1. The van der Waals surface area contributed by atoms with Gasteiger partial charge in [-0.3, -0.25) is 4.79 Å². The van der Waals surface area contributed by atoms with E-state index < -0.39 is 0 Å². The summed E-state index contributed by atoms with van der Waals surface area (Å²) in [6.07, 6.45) is 1.23. The monoisotopic (exact) mass is 292 g/mol. The first kappa shape index (κ1) is 17.5. The smallest absolute Gasteiger partial charge is 0.224 e. The van der Waals surface area contributed by atoms with E-state index in [1.165, 1.54) is 0 Å². The van der Waals surface area contributed by atoms with Crippen LogP contribution in [0.2, 0.25) is 0 Å². The van der Waals surface area contributed by atoms with Crippen LogP contribution in [0.4, 0.5) is 0 Å². The highest BCUT2D eigenvalue weighted by Crippen LogP contribution is 2.16. The molecule has 0 heterocycles. The highest BCUT2D eigenvalue weighted by atomic mass is 16.5. The lowest BCUT2D eigenvalue weighted by Gasteiger charge is -2.31. The largest absolute Gasteiger partial charge is 0.494 e. The summed E-state index contributed by atoms with van der Waals surface area (Å²) in [6.45, 7) is 9.30. The molecule has 4 heteroatoms. The predicted molar refractivity (Wildman–Crippen MR) is 86.4 cm³/mol. The normalized spacial score (nSPS) is 13.8. The van der Waals surface area contributed by atoms with Crippen LogP contribution in [0, 0.1) is 5.92 Å². The highest BCUT2D eigenvalue weighted by molar-refractivity contribution is 5.79. The quantitative estimate of drug-likeness (QED) is 0.774. The summed E-state index contributed by atoms with van der Waals surface area (Å²) >= 11 is 0. The van der Waals surface area contributed by atoms with Crippen LogP contribution in [0.5, 0.6) is 5.75 Å². The van der Waals surface area contributed by atoms with Gasteiger partial charge in [0.25, 0.3) is 0 Å². The van der Waals surface area contributed by atoms with E-state index in [2.05, 4.69) is 19.2 Å². The Labute approximate surface area is 128 Å². The van der Waals surface area contributed by atoms with Crippen molar-refractivity contribution in [3.05, 3.63) is 29.8 Å². The summed E-state index contributed by atoms with van der Waals surface area (Å²) in [6, 6.07) is 7.63. The summed E-state index contributed by atoms with van der Waals surface area (Å²) < 4.78 is 5.39. The van der Waals surface area contributed by atoms with Crippen LogP contribution in [0.25, 0.3) is 0 Å². The minimum atomic E-state index is -0.337. The standard InChI is InChI=1S/C17H28N2O2/c1-5-21-15-8-6-14(7-9-15)10-16(20)19-17(4,12-18)11-13(2)3/h6-9,13H,5,10-12,18H2,1-4H3,(H,19,20). The first-order chi connectivity index (χ1) is 9.88. The molecule has 21 heavy (non-hydrogen) atoms. The van der Waals surface area contributed by atoms with Gasteiger partial charge >= 0.3 is 0 Å². The molecule has 0 aliphatic heterocycles. The highest BCUT2D eigenvalue weighted by Gasteiger charge is 2.25. The number of hydrogen-bond acceptors (Lipinski definition) is 3. The van der Waals surface area contributed by atoms with Crippen molar-refractivity contribution >= 4 is 5.91 Å². The second-order valence-electron chi connectivity index (χ2n) is 6.16. The molecule has 1 atom stereocenters. The second-order valence-corrected chi connectivity index (χ2v) is 6.16. The van der Waals surface area contributed by atoms with Crippen LogP contribution in [0.1, 0.15) is 39.7 Å². The van der Waals surface area contributed by atoms with Gasteiger partial charge in [0.15, 0.2) is 0 Å². The third kappa shape index (κ3) is 6.17. The van der Waals surface area contributed by atoms with Crippen molar-refractivity contribution in [3.63, 3.8) is 0 Å². The molecule has 4 nitrogen and oxygen atoms in total. The zero-order chi connectivity index (χ0) is 15.9. The van der Waals surface area contributed by atoms with Crippen LogP contribution >= 0.6 is 0 Å². The maximum Gasteiger partial charge on any atom is 0.224 e. The van der Waals surface area contributed by atoms with Crippen molar-refractivity contribution in [1.82, 2.24) is 5.32 Å². The first-order valence-electron chi connectivity index (χ1n) is 7.61. The lowest BCUT2D eigenvalue weighted by atomic mass is 9.90. The fourth-order valence-electron chi connectivity index (χ4n) is 2.52. The van der Waals surface area contributed by atoms with Gasteiger partial charge in [0, 0.05) is 12.1 Å². The Morgan fingerprint density at radius 2 is 1.95 bits per heavy atom. The average molecular weight is 292 g/mol. The number of nitrogens with two attached hydrogens (primary N) is 1. The van der Waals surface area contributed by atoms with Gasteiger partial charge in [0.1, 0.15) is 5.75 Å². The Bertz CT molecular complexity index is 443. The van der Waals surface area contributed by atoms with Gasteiger partial charge in [-0.25, -0.2) is 0 Å². The lowest BCUT2D eigenvalue weighted by Crippen LogP contribution is -2.52. The average Bonchev–Trinajstić information content (AvgIpc) is 2.40. The Morgan fingerprint density at radius 1 is 1.33 bits per heavy atom. The molecule has 1 amide bonds. The SMILES string of the molecule is CCOc1ccc(CC(=O)NC(C)(CN)CC(C)C)cc1. The zero-order valence-corrected chi connectivity index (χ0v) is 13.6. The summed E-state index contributed by atoms with van der Waals surface area (Å²) in [5.74, 6) is 1.32. The molecule has 1 aromatic rings. The van der Waals surface area contributed by atoms with Crippen LogP contribution in [-0.4, -0.2) is 24.6 Å². The van der Waals surface area contributed by atoms with Gasteiger partial charge in [-0.2, -0.15) is 0 Å². The number of nitrogens with one attached hydrogen (secondary N) is 1. The number of carbonyl (C=O) groups is 1. The molecule has 0 spiro atoms. The van der Waals surface area contributed by atoms with Crippen LogP contribution in [-0.2, 0) is 11.2 Å². The predicted octanol–water partition coefficient (Wildman–Crippen LogP) is 2.51. The van der Waals surface area contributed by atoms with Gasteiger partial charge in [-0.05, 0) is 43.9 Å². The van der Waals surface area contributed by atoms with Gasteiger partial charge in [0.05, 0.1) is 13.0 Å². The van der Waals surface area contributed by atoms with E-state index in [4.69, 9.17) is 10.5 Å². The number of benzene rings is 1. The summed E-state index contributed by atoms with van der Waals surface area (Å²) in [5.41, 5.74) is 6.45. The Kier molecular flexibility index (Phi) is 6.69. The maximum atomic E-state index is 12.2. The fourth-order valence-corrected chi connectivity index (χ4v) is 2.52. The number of ether oxygens (including phenoxy) is 1. The maximum absolute atomic E-state index is 12.2. The molecule has 0 fully saturated rings. The molecule has 0 aliphatic carbocycles. The van der Waals surface area contributed by atoms with Crippen molar-refractivity contribution in [2.24, 2.45) is 11.7 Å². The Hall–Kier alpha value is -1.55. The summed E-state index contributed by atoms with van der Waals surface area (Å²) in [5, 5.41) is 3.07. The molecule has 1 rings (SSSR count). The van der Waals surface area contributed by atoms with Crippen LogP contribution in [0.3, 0.4) is 0 Å². The number of rotatable bonds is 8. The molecule has 118 valence electrons. The number of amides is 1. The van der Waals surface area contributed by atoms with Gasteiger partial charge < -0.3 is 15.8 Å². The van der Waals surface area contributed by atoms with Crippen molar-refractivity contribution in [2.45, 2.75) is 46.1 Å². The van der Waals surface area contributed by atoms with E-state index in [9.17, 15) is 4.79 Å². The van der Waals surface area contributed by atoms with Gasteiger partial charge in [-0.15, -0.1) is 0 Å². The Morgan fingerprint density at radius 3 is 2.43 bits per heavy atom. The minimum Gasteiger partial charge on any atom is -0.494 e. The summed E-state index contributed by atoms with van der Waals surface area (Å²) in [4.78, 5) is 12.2. The van der Waals surface area contributed by atoms with Crippen molar-refractivity contribution in [3.8, 4) is 5.75 Å². The molecule has 1 unspecified atom stereocenters. The van der Waals surface area contributed by atoms with E-state index >= 15 is 0 Å². The molecule has 1 aromatic carbocycles. The minimum absolute atomic E-state index is 0.00719. The van der Waals surface area contributed by atoms with E-state index in [-0.39, 0.29) is 11.4 Å². The third-order valence-corrected chi connectivity index (χ3v) is 3.35. The fraction of sp³-hybridized carbons (Fsp3) is 0.588. The molecule has 3 N–H and O–H groups in total. The molecule has 0 radical (unpaired) electrons. The van der Waals surface area contributed by atoms with Gasteiger partial charge in [0.2, 0.25) is 5.91 Å². The van der Waals surface area contributed by atoms with Crippen molar-refractivity contribution < 1.29 is 9.53 Å². The zero-order valence-electron chi connectivity index (χ0n) is 13.6. The van der Waals surface area contributed by atoms with Crippen molar-refractivity contribution in [1.29, 1.82) is 0 Å². The second kappa shape index (κ2) is 8.03. The van der Waals surface area contributed by atoms with E-state index in [0.29, 0.717) is 25.5 Å². The van der Waals surface area contributed by atoms with E-state index in [0.717, 1.165) is 17.7 Å². The van der Waals surface area contributed by atoms with E-state index in [1.54, 1.807) is 0 Å². The summed E-state index contributed by atoms with van der Waals surface area (Å²) in [7, 11) is 0. The molecule has 0 saturated heterocycles. The lowest BCUT2D eigenvalue weighted by molar-refractivity contribution is -0.122. The molecular formula is C17H28N2O2. The van der Waals surface area contributed by atoms with Gasteiger partial charge in [-0.1, -0.05) is 26.0 Å². The topological polar surface area (TPSA) is 64.3 Å². The van der Waals surface area contributed by atoms with Crippen LogP contribution in [0.15, 0.2) is 24.3 Å². The Balaban J connectivity index is 2.59. The third-order valence-electron chi connectivity index (χ3n) is 3.35. The molecule has 0 saturated carbocycles. The molecular weight excluding hydrogens is 264 g/mol. The van der Waals surface area contributed by atoms with Crippen LogP contribution < -0.4 is 15.8 Å². The number of hydrogen-bond donors (Lipinski definition) is 2. The molecule has 0 aromatic heterocycles. The molecule has 0 aliphatic rings. The molecule has 0 bridgehead atoms.